The van der Waals surface area contributed by atoms with Crippen molar-refractivity contribution in [3.63, 3.8) is 0 Å². The molecule has 0 atom stereocenters. The molecule has 2 N–H and O–H groups in total. The molecule has 0 radical (unpaired) electrons. The molecule has 1 heterocycles. The zero-order chi connectivity index (χ0) is 15.5. The number of benzene rings is 1. The second kappa shape index (κ2) is 6.58. The van der Waals surface area contributed by atoms with Gasteiger partial charge in [0.1, 0.15) is 10.8 Å². The van der Waals surface area contributed by atoms with Crippen molar-refractivity contribution in [2.24, 2.45) is 5.73 Å². The van der Waals surface area contributed by atoms with Crippen LogP contribution in [0.1, 0.15) is 45.5 Å². The molecule has 0 saturated carbocycles. The molecule has 114 valence electrons. The van der Waals surface area contributed by atoms with Gasteiger partial charge in [0.05, 0.1) is 17.3 Å². The van der Waals surface area contributed by atoms with E-state index in [2.05, 4.69) is 19.2 Å². The van der Waals surface area contributed by atoms with Crippen LogP contribution in [-0.4, -0.2) is 11.1 Å². The smallest absolute Gasteiger partial charge is 0.119 e. The van der Waals surface area contributed by atoms with E-state index in [4.69, 9.17) is 15.5 Å². The van der Waals surface area contributed by atoms with Crippen LogP contribution in [0.5, 0.6) is 5.75 Å². The van der Waals surface area contributed by atoms with Crippen LogP contribution in [0.25, 0.3) is 11.3 Å². The summed E-state index contributed by atoms with van der Waals surface area (Å²) in [5.41, 5.74) is 8.20. The van der Waals surface area contributed by atoms with E-state index < -0.39 is 0 Å². The van der Waals surface area contributed by atoms with Gasteiger partial charge in [0, 0.05) is 10.9 Å². The first-order valence-electron chi connectivity index (χ1n) is 7.50. The van der Waals surface area contributed by atoms with E-state index in [1.54, 1.807) is 11.3 Å². The molecule has 21 heavy (non-hydrogen) atoms. The molecule has 0 unspecified atom stereocenters. The van der Waals surface area contributed by atoms with Crippen LogP contribution in [0.3, 0.4) is 0 Å². The molecule has 0 spiro atoms. The van der Waals surface area contributed by atoms with Gasteiger partial charge < -0.3 is 10.5 Å². The van der Waals surface area contributed by atoms with Crippen molar-refractivity contribution in [2.45, 2.75) is 52.2 Å². The van der Waals surface area contributed by atoms with E-state index >= 15 is 0 Å². The third-order valence-electron chi connectivity index (χ3n) is 3.71. The molecular weight excluding hydrogens is 280 g/mol. The van der Waals surface area contributed by atoms with Crippen molar-refractivity contribution in [3.05, 3.63) is 34.7 Å². The van der Waals surface area contributed by atoms with E-state index in [0.717, 1.165) is 34.9 Å². The quantitative estimate of drug-likeness (QED) is 0.850. The second-order valence-corrected chi connectivity index (χ2v) is 6.45. The fourth-order valence-electron chi connectivity index (χ4n) is 2.16. The van der Waals surface area contributed by atoms with Gasteiger partial charge >= 0.3 is 0 Å². The summed E-state index contributed by atoms with van der Waals surface area (Å²) in [5.74, 6) is 0.888. The Balaban J connectivity index is 2.21. The molecule has 1 aromatic carbocycles. The summed E-state index contributed by atoms with van der Waals surface area (Å²) in [5, 5.41) is 3.10. The summed E-state index contributed by atoms with van der Waals surface area (Å²) >= 11 is 1.65. The normalized spacial score (nSPS) is 11.9. The number of hydrogen-bond donors (Lipinski definition) is 1. The third kappa shape index (κ3) is 3.63. The van der Waals surface area contributed by atoms with Gasteiger partial charge in [-0.1, -0.05) is 13.8 Å². The first kappa shape index (κ1) is 16.0. The molecule has 2 aromatic rings. The van der Waals surface area contributed by atoms with Gasteiger partial charge in [-0.3, -0.25) is 0 Å². The van der Waals surface area contributed by atoms with Crippen LogP contribution < -0.4 is 10.5 Å². The predicted octanol–water partition coefficient (Wildman–Crippen LogP) is 4.57. The van der Waals surface area contributed by atoms with Crippen LogP contribution in [0, 0.1) is 0 Å². The van der Waals surface area contributed by atoms with E-state index in [0.29, 0.717) is 0 Å². The third-order valence-corrected chi connectivity index (χ3v) is 4.78. The van der Waals surface area contributed by atoms with E-state index in [9.17, 15) is 0 Å². The standard InChI is InChI=1S/C17H24N2OS/c1-5-17(18,6-2)16-19-15(11-21-16)13-7-9-14(10-8-13)20-12(3)4/h7-12H,5-6,18H2,1-4H3. The number of nitrogens with zero attached hydrogens (tertiary/aromatic N) is 1. The van der Waals surface area contributed by atoms with Crippen molar-refractivity contribution in [1.82, 2.24) is 4.98 Å². The lowest BCUT2D eigenvalue weighted by atomic mass is 9.95. The van der Waals surface area contributed by atoms with Gasteiger partial charge in [-0.05, 0) is 51.0 Å². The molecule has 0 bridgehead atoms. The maximum Gasteiger partial charge on any atom is 0.119 e. The summed E-state index contributed by atoms with van der Waals surface area (Å²) in [7, 11) is 0. The lowest BCUT2D eigenvalue weighted by molar-refractivity contribution is 0.242. The van der Waals surface area contributed by atoms with E-state index in [1.807, 2.05) is 38.1 Å². The largest absolute Gasteiger partial charge is 0.491 e. The highest BCUT2D eigenvalue weighted by Gasteiger charge is 2.26. The first-order valence-corrected chi connectivity index (χ1v) is 8.38. The Morgan fingerprint density at radius 2 is 1.81 bits per heavy atom. The monoisotopic (exact) mass is 304 g/mol. The number of aromatic nitrogens is 1. The topological polar surface area (TPSA) is 48.1 Å². The average Bonchev–Trinajstić information content (AvgIpc) is 2.97. The Hall–Kier alpha value is -1.39. The summed E-state index contributed by atoms with van der Waals surface area (Å²) in [4.78, 5) is 4.74. The van der Waals surface area contributed by atoms with Crippen molar-refractivity contribution in [1.29, 1.82) is 0 Å². The van der Waals surface area contributed by atoms with E-state index in [-0.39, 0.29) is 11.6 Å². The Morgan fingerprint density at radius 3 is 2.33 bits per heavy atom. The maximum atomic E-state index is 6.42. The van der Waals surface area contributed by atoms with Gasteiger partial charge in [0.25, 0.3) is 0 Å². The van der Waals surface area contributed by atoms with E-state index in [1.165, 1.54) is 0 Å². The molecule has 1 aromatic heterocycles. The van der Waals surface area contributed by atoms with Crippen LogP contribution >= 0.6 is 11.3 Å². The number of hydrogen-bond acceptors (Lipinski definition) is 4. The van der Waals surface area contributed by atoms with Gasteiger partial charge in [0.15, 0.2) is 0 Å². The number of rotatable bonds is 6. The molecule has 0 amide bonds. The SMILES string of the molecule is CCC(N)(CC)c1nc(-c2ccc(OC(C)C)cc2)cs1. The number of ether oxygens (including phenoxy) is 1. The molecule has 0 aliphatic rings. The summed E-state index contributed by atoms with van der Waals surface area (Å²) in [6.07, 6.45) is 1.99. The van der Waals surface area contributed by atoms with Crippen LogP contribution in [0.4, 0.5) is 0 Å². The highest BCUT2D eigenvalue weighted by atomic mass is 32.1. The maximum absolute atomic E-state index is 6.42. The predicted molar refractivity (Wildman–Crippen MR) is 89.8 cm³/mol. The summed E-state index contributed by atoms with van der Waals surface area (Å²) in [6.45, 7) is 8.28. The Morgan fingerprint density at radius 1 is 1.19 bits per heavy atom. The minimum atomic E-state index is -0.302. The van der Waals surface area contributed by atoms with Crippen molar-refractivity contribution in [2.75, 3.05) is 0 Å². The fraction of sp³-hybridized carbons (Fsp3) is 0.471. The van der Waals surface area contributed by atoms with Crippen molar-refractivity contribution < 1.29 is 4.74 Å². The van der Waals surface area contributed by atoms with Gasteiger partial charge in [-0.15, -0.1) is 11.3 Å². The summed E-state index contributed by atoms with van der Waals surface area (Å²) < 4.78 is 5.66. The Bertz CT molecular complexity index is 571. The minimum Gasteiger partial charge on any atom is -0.491 e. The lowest BCUT2D eigenvalue weighted by Crippen LogP contribution is -2.34. The number of nitrogens with two attached hydrogens (primary N) is 1. The highest BCUT2D eigenvalue weighted by Crippen LogP contribution is 2.32. The highest BCUT2D eigenvalue weighted by molar-refractivity contribution is 7.10. The van der Waals surface area contributed by atoms with Crippen LogP contribution in [-0.2, 0) is 5.54 Å². The molecule has 0 aliphatic heterocycles. The first-order chi connectivity index (χ1) is 9.98. The summed E-state index contributed by atoms with van der Waals surface area (Å²) in [6, 6.07) is 8.08. The van der Waals surface area contributed by atoms with Gasteiger partial charge in [0.2, 0.25) is 0 Å². The zero-order valence-electron chi connectivity index (χ0n) is 13.2. The van der Waals surface area contributed by atoms with Gasteiger partial charge in [-0.25, -0.2) is 4.98 Å². The Kier molecular flexibility index (Phi) is 5.01. The molecule has 0 saturated heterocycles. The molecule has 3 nitrogen and oxygen atoms in total. The lowest BCUT2D eigenvalue weighted by Gasteiger charge is -2.23. The average molecular weight is 304 g/mol. The van der Waals surface area contributed by atoms with Crippen molar-refractivity contribution in [3.8, 4) is 17.0 Å². The zero-order valence-corrected chi connectivity index (χ0v) is 14.0. The second-order valence-electron chi connectivity index (χ2n) is 5.59. The number of thiazole rings is 1. The van der Waals surface area contributed by atoms with Crippen molar-refractivity contribution >= 4 is 11.3 Å². The van der Waals surface area contributed by atoms with Crippen LogP contribution in [0.15, 0.2) is 29.6 Å². The van der Waals surface area contributed by atoms with Crippen LogP contribution in [0.2, 0.25) is 0 Å². The molecular formula is C17H24N2OS. The minimum absolute atomic E-state index is 0.189. The molecule has 0 fully saturated rings. The molecule has 2 rings (SSSR count). The molecule has 4 heteroatoms. The fourth-order valence-corrected chi connectivity index (χ4v) is 3.25. The molecule has 0 aliphatic carbocycles. The Labute approximate surface area is 131 Å². The van der Waals surface area contributed by atoms with Gasteiger partial charge in [-0.2, -0.15) is 0 Å².